The molecule has 0 bridgehead atoms. The highest BCUT2D eigenvalue weighted by Crippen LogP contribution is 2.29. The molecule has 0 aromatic carbocycles. The topological polar surface area (TPSA) is 92.0 Å². The van der Waals surface area contributed by atoms with Gasteiger partial charge in [0.15, 0.2) is 5.76 Å². The molecule has 3 aromatic rings. The lowest BCUT2D eigenvalue weighted by Crippen LogP contribution is -2.49. The Kier molecular flexibility index (Phi) is 4.38. The zero-order chi connectivity index (χ0) is 18.9. The van der Waals surface area contributed by atoms with Gasteiger partial charge in [-0.1, -0.05) is 0 Å². The van der Waals surface area contributed by atoms with Crippen LogP contribution in [0.25, 0.3) is 11.5 Å². The zero-order valence-electron chi connectivity index (χ0n) is 15.7. The average molecular weight is 380 g/mol. The van der Waals surface area contributed by atoms with Gasteiger partial charge in [0.2, 0.25) is 0 Å². The van der Waals surface area contributed by atoms with Gasteiger partial charge in [-0.15, -0.1) is 0 Å². The highest BCUT2D eigenvalue weighted by molar-refractivity contribution is 5.74. The number of nitrogens with zero attached hydrogens (tertiary/aromatic N) is 4. The van der Waals surface area contributed by atoms with Crippen LogP contribution in [0.2, 0.25) is 0 Å². The molecule has 2 aliphatic heterocycles. The first-order chi connectivity index (χ1) is 13.8. The third kappa shape index (κ3) is 3.30. The van der Waals surface area contributed by atoms with Crippen molar-refractivity contribution in [3.8, 4) is 11.5 Å². The summed E-state index contributed by atoms with van der Waals surface area (Å²) in [4.78, 5) is 19.0. The summed E-state index contributed by atoms with van der Waals surface area (Å²) >= 11 is 0. The molecule has 1 fully saturated rings. The van der Waals surface area contributed by atoms with Gasteiger partial charge in [0.25, 0.3) is 0 Å². The number of urea groups is 1. The van der Waals surface area contributed by atoms with Gasteiger partial charge in [0, 0.05) is 56.1 Å². The Hall–Kier alpha value is -3.03. The van der Waals surface area contributed by atoms with Crippen LogP contribution in [0.15, 0.2) is 41.3 Å². The highest BCUT2D eigenvalue weighted by atomic mass is 16.3. The van der Waals surface area contributed by atoms with E-state index in [0.29, 0.717) is 5.92 Å². The molecule has 28 heavy (non-hydrogen) atoms. The minimum Gasteiger partial charge on any atom is -0.463 e. The fourth-order valence-electron chi connectivity index (χ4n) is 4.23. The van der Waals surface area contributed by atoms with Crippen LogP contribution in [-0.4, -0.2) is 49.8 Å². The van der Waals surface area contributed by atoms with Gasteiger partial charge in [0.05, 0.1) is 6.26 Å². The number of aromatic amines is 1. The summed E-state index contributed by atoms with van der Waals surface area (Å²) in [6, 6.07) is 6.04. The van der Waals surface area contributed by atoms with Crippen LogP contribution in [0.3, 0.4) is 0 Å². The molecule has 5 rings (SSSR count). The SMILES string of the molecule is O=C(NC1CCn2ccnc2C1)N1CCC(c2cc(-c3ccco3)n[nH]2)CC1. The molecule has 1 unspecified atom stereocenters. The van der Waals surface area contributed by atoms with Crippen LogP contribution in [-0.2, 0) is 13.0 Å². The summed E-state index contributed by atoms with van der Waals surface area (Å²) in [5.41, 5.74) is 1.95. The van der Waals surface area contributed by atoms with Gasteiger partial charge in [-0.25, -0.2) is 9.78 Å². The van der Waals surface area contributed by atoms with Crippen LogP contribution < -0.4 is 5.32 Å². The van der Waals surface area contributed by atoms with E-state index in [1.54, 1.807) is 6.26 Å². The summed E-state index contributed by atoms with van der Waals surface area (Å²) < 4.78 is 7.57. The number of H-pyrrole nitrogens is 1. The van der Waals surface area contributed by atoms with Crippen molar-refractivity contribution in [1.29, 1.82) is 0 Å². The number of hydrogen-bond acceptors (Lipinski definition) is 4. The molecule has 0 spiro atoms. The Morgan fingerprint density at radius 2 is 2.14 bits per heavy atom. The van der Waals surface area contributed by atoms with E-state index >= 15 is 0 Å². The van der Waals surface area contributed by atoms with Crippen molar-refractivity contribution >= 4 is 6.03 Å². The number of imidazole rings is 1. The molecule has 5 heterocycles. The second-order valence-corrected chi connectivity index (χ2v) is 7.62. The molecule has 2 aliphatic rings. The van der Waals surface area contributed by atoms with Crippen LogP contribution in [0.4, 0.5) is 4.79 Å². The van der Waals surface area contributed by atoms with Crippen LogP contribution in [0.1, 0.15) is 36.7 Å². The van der Waals surface area contributed by atoms with Gasteiger partial charge in [0.1, 0.15) is 11.5 Å². The molecular formula is C20H24N6O2. The Bertz CT molecular complexity index is 936. The normalized spacial score (nSPS) is 20.1. The van der Waals surface area contributed by atoms with Crippen molar-refractivity contribution in [2.24, 2.45) is 0 Å². The van der Waals surface area contributed by atoms with Crippen molar-refractivity contribution in [3.05, 3.63) is 48.4 Å². The van der Waals surface area contributed by atoms with E-state index in [-0.39, 0.29) is 12.1 Å². The summed E-state index contributed by atoms with van der Waals surface area (Å²) in [6.45, 7) is 2.43. The monoisotopic (exact) mass is 380 g/mol. The van der Waals surface area contributed by atoms with Gasteiger partial charge >= 0.3 is 6.03 Å². The van der Waals surface area contributed by atoms with E-state index < -0.39 is 0 Å². The fourth-order valence-corrected chi connectivity index (χ4v) is 4.23. The van der Waals surface area contributed by atoms with Crippen molar-refractivity contribution in [1.82, 2.24) is 30.0 Å². The first kappa shape index (κ1) is 17.1. The molecule has 3 aromatic heterocycles. The maximum Gasteiger partial charge on any atom is 0.317 e. The molecule has 146 valence electrons. The molecule has 8 heteroatoms. The summed E-state index contributed by atoms with van der Waals surface area (Å²) in [5, 5.41) is 10.7. The quantitative estimate of drug-likeness (QED) is 0.731. The number of furan rings is 1. The van der Waals surface area contributed by atoms with Gasteiger partial charge < -0.3 is 19.2 Å². The number of carbonyl (C=O) groups excluding carboxylic acids is 1. The lowest BCUT2D eigenvalue weighted by atomic mass is 9.93. The molecule has 1 atom stereocenters. The van der Waals surface area contributed by atoms with E-state index in [0.717, 1.165) is 68.3 Å². The van der Waals surface area contributed by atoms with E-state index in [1.165, 1.54) is 0 Å². The Balaban J connectivity index is 1.14. The number of carbonyl (C=O) groups is 1. The third-order valence-electron chi connectivity index (χ3n) is 5.87. The lowest BCUT2D eigenvalue weighted by Gasteiger charge is -2.33. The second kappa shape index (κ2) is 7.18. The minimum absolute atomic E-state index is 0.0457. The largest absolute Gasteiger partial charge is 0.463 e. The Labute approximate surface area is 162 Å². The van der Waals surface area contributed by atoms with Crippen molar-refractivity contribution in [2.75, 3.05) is 13.1 Å². The maximum atomic E-state index is 12.7. The second-order valence-electron chi connectivity index (χ2n) is 7.62. The van der Waals surface area contributed by atoms with Crippen LogP contribution in [0, 0.1) is 0 Å². The Morgan fingerprint density at radius 1 is 1.25 bits per heavy atom. The molecule has 2 N–H and O–H groups in total. The minimum atomic E-state index is 0.0457. The summed E-state index contributed by atoms with van der Waals surface area (Å²) in [6.07, 6.45) is 9.11. The van der Waals surface area contributed by atoms with Crippen molar-refractivity contribution in [2.45, 2.75) is 44.2 Å². The predicted molar refractivity (Wildman–Crippen MR) is 103 cm³/mol. The molecule has 2 amide bonds. The lowest BCUT2D eigenvalue weighted by molar-refractivity contribution is 0.175. The van der Waals surface area contributed by atoms with Crippen molar-refractivity contribution < 1.29 is 9.21 Å². The molecule has 0 aliphatic carbocycles. The number of rotatable bonds is 3. The number of aryl methyl sites for hydroxylation is 1. The first-order valence-electron chi connectivity index (χ1n) is 9.91. The molecule has 8 nitrogen and oxygen atoms in total. The molecule has 0 saturated carbocycles. The molecule has 1 saturated heterocycles. The molecule has 0 radical (unpaired) electrons. The fraction of sp³-hybridized carbons (Fsp3) is 0.450. The van der Waals surface area contributed by atoms with E-state index in [1.807, 2.05) is 29.4 Å². The number of fused-ring (bicyclic) bond motifs is 1. The van der Waals surface area contributed by atoms with Crippen molar-refractivity contribution in [3.63, 3.8) is 0 Å². The predicted octanol–water partition coefficient (Wildman–Crippen LogP) is 2.77. The Morgan fingerprint density at radius 3 is 2.96 bits per heavy atom. The van der Waals surface area contributed by atoms with Gasteiger partial charge in [-0.3, -0.25) is 5.10 Å². The van der Waals surface area contributed by atoms with Crippen LogP contribution in [0.5, 0.6) is 0 Å². The smallest absolute Gasteiger partial charge is 0.317 e. The number of aromatic nitrogens is 4. The standard InChI is InChI=1S/C20H24N6O2/c27-20(22-15-5-9-25-10-6-21-19(25)12-15)26-7-3-14(4-8-26)16-13-17(24-23-16)18-2-1-11-28-18/h1-2,6,10-11,13-15H,3-5,7-9,12H2,(H,22,27)(H,23,24). The number of likely N-dealkylation sites (tertiary alicyclic amines) is 1. The van der Waals surface area contributed by atoms with Gasteiger partial charge in [-0.05, 0) is 37.5 Å². The van der Waals surface area contributed by atoms with E-state index in [9.17, 15) is 4.79 Å². The third-order valence-corrected chi connectivity index (χ3v) is 5.87. The van der Waals surface area contributed by atoms with Gasteiger partial charge in [-0.2, -0.15) is 5.10 Å². The first-order valence-corrected chi connectivity index (χ1v) is 9.91. The van der Waals surface area contributed by atoms with Crippen LogP contribution >= 0.6 is 0 Å². The summed E-state index contributed by atoms with van der Waals surface area (Å²) in [7, 11) is 0. The number of hydrogen-bond donors (Lipinski definition) is 2. The van der Waals surface area contributed by atoms with E-state index in [2.05, 4.69) is 31.1 Å². The number of amides is 2. The molecular weight excluding hydrogens is 356 g/mol. The highest BCUT2D eigenvalue weighted by Gasteiger charge is 2.28. The number of nitrogens with one attached hydrogen (secondary N) is 2. The van der Waals surface area contributed by atoms with E-state index in [4.69, 9.17) is 4.42 Å². The maximum absolute atomic E-state index is 12.7. The zero-order valence-corrected chi connectivity index (χ0v) is 15.7. The summed E-state index contributed by atoms with van der Waals surface area (Å²) in [5.74, 6) is 2.22. The number of piperidine rings is 1. The average Bonchev–Trinajstić information content (AvgIpc) is 3.48.